The number of H-pyrrole nitrogens is 1. The number of halogens is 2. The number of carbonyl (C=O) groups is 1. The third-order valence-corrected chi connectivity index (χ3v) is 3.27. The Balaban J connectivity index is 2.07. The van der Waals surface area contributed by atoms with Crippen molar-refractivity contribution < 1.29 is 18.3 Å². The molecule has 4 nitrogen and oxygen atoms in total. The molecule has 6 heteroatoms. The number of aromatic nitrogens is 2. The number of carbonyl (C=O) groups excluding carboxylic acids is 1. The summed E-state index contributed by atoms with van der Waals surface area (Å²) in [5, 5.41) is 5.93. The molecule has 2 aliphatic rings. The molecule has 17 heavy (non-hydrogen) atoms. The van der Waals surface area contributed by atoms with E-state index in [0.29, 0.717) is 5.56 Å². The van der Waals surface area contributed by atoms with Gasteiger partial charge in [0.25, 0.3) is 5.92 Å². The first-order valence-corrected chi connectivity index (χ1v) is 5.39. The topological polar surface area (TPSA) is 55.0 Å². The number of nitrogens with zero attached hydrogens (tertiary/aromatic N) is 1. The second kappa shape index (κ2) is 3.15. The molecule has 0 amide bonds. The van der Waals surface area contributed by atoms with Gasteiger partial charge in [-0.1, -0.05) is 12.2 Å². The normalized spacial score (nSPS) is 27.2. The predicted molar refractivity (Wildman–Crippen MR) is 53.8 cm³/mol. The summed E-state index contributed by atoms with van der Waals surface area (Å²) in [6.45, 7) is 1.85. The van der Waals surface area contributed by atoms with E-state index in [1.807, 2.05) is 0 Å². The van der Waals surface area contributed by atoms with Crippen LogP contribution in [0.15, 0.2) is 12.2 Å². The number of aromatic amines is 1. The van der Waals surface area contributed by atoms with E-state index in [1.54, 1.807) is 13.0 Å². The maximum atomic E-state index is 13.8. The van der Waals surface area contributed by atoms with Crippen LogP contribution in [-0.2, 0) is 10.7 Å². The average molecular weight is 240 g/mol. The molecule has 90 valence electrons. The maximum Gasteiger partial charge on any atom is 0.359 e. The molecule has 0 spiro atoms. The first kappa shape index (κ1) is 10.4. The molecule has 2 aliphatic carbocycles. The van der Waals surface area contributed by atoms with Crippen molar-refractivity contribution >= 4 is 5.97 Å². The van der Waals surface area contributed by atoms with Crippen LogP contribution < -0.4 is 0 Å². The number of rotatable bonds is 2. The summed E-state index contributed by atoms with van der Waals surface area (Å²) in [5.74, 6) is -4.88. The summed E-state index contributed by atoms with van der Waals surface area (Å²) in [6, 6.07) is 0. The van der Waals surface area contributed by atoms with Crippen LogP contribution >= 0.6 is 0 Å². The Morgan fingerprint density at radius 1 is 1.59 bits per heavy atom. The van der Waals surface area contributed by atoms with Crippen molar-refractivity contribution in [1.29, 1.82) is 0 Å². The van der Waals surface area contributed by atoms with Crippen molar-refractivity contribution in [1.82, 2.24) is 10.2 Å². The van der Waals surface area contributed by atoms with Crippen LogP contribution in [0.5, 0.6) is 0 Å². The van der Waals surface area contributed by atoms with Gasteiger partial charge in [0.1, 0.15) is 5.69 Å². The molecule has 2 atom stereocenters. The highest BCUT2D eigenvalue weighted by Gasteiger charge is 2.58. The Hall–Kier alpha value is -1.72. The van der Waals surface area contributed by atoms with Gasteiger partial charge in [0.05, 0.1) is 12.5 Å². The summed E-state index contributed by atoms with van der Waals surface area (Å²) in [5.41, 5.74) is 0.0277. The van der Waals surface area contributed by atoms with Crippen molar-refractivity contribution in [2.75, 3.05) is 6.61 Å². The van der Waals surface area contributed by atoms with Crippen molar-refractivity contribution in [3.63, 3.8) is 0 Å². The molecule has 0 aromatic carbocycles. The lowest BCUT2D eigenvalue weighted by Gasteiger charge is -2.26. The van der Waals surface area contributed by atoms with E-state index in [9.17, 15) is 13.6 Å². The van der Waals surface area contributed by atoms with Gasteiger partial charge in [-0.25, -0.2) is 4.79 Å². The molecule has 0 saturated heterocycles. The summed E-state index contributed by atoms with van der Waals surface area (Å²) >= 11 is 0. The minimum Gasteiger partial charge on any atom is -0.461 e. The van der Waals surface area contributed by atoms with E-state index < -0.39 is 23.7 Å². The first-order chi connectivity index (χ1) is 8.07. The van der Waals surface area contributed by atoms with Gasteiger partial charge < -0.3 is 4.74 Å². The lowest BCUT2D eigenvalue weighted by molar-refractivity contribution is -0.0475. The molecule has 1 heterocycles. The van der Waals surface area contributed by atoms with Gasteiger partial charge in [-0.05, 0) is 6.92 Å². The monoisotopic (exact) mass is 240 g/mol. The maximum absolute atomic E-state index is 13.8. The van der Waals surface area contributed by atoms with Crippen LogP contribution in [0.4, 0.5) is 8.78 Å². The lowest BCUT2D eigenvalue weighted by atomic mass is 9.81. The molecule has 3 rings (SSSR count). The Morgan fingerprint density at radius 3 is 2.94 bits per heavy atom. The minimum atomic E-state index is -2.97. The number of fused-ring (bicyclic) bond motifs is 3. The summed E-state index contributed by atoms with van der Waals surface area (Å²) in [4.78, 5) is 11.6. The number of hydrogen-bond acceptors (Lipinski definition) is 3. The van der Waals surface area contributed by atoms with E-state index in [-0.39, 0.29) is 18.0 Å². The molecule has 0 aliphatic heterocycles. The minimum absolute atomic E-state index is 0.0154. The molecular formula is C11H10F2N2O2. The molecule has 1 N–H and O–H groups in total. The van der Waals surface area contributed by atoms with Crippen LogP contribution in [0.3, 0.4) is 0 Å². The van der Waals surface area contributed by atoms with Crippen LogP contribution in [-0.4, -0.2) is 22.8 Å². The van der Waals surface area contributed by atoms with Gasteiger partial charge in [-0.15, -0.1) is 0 Å². The van der Waals surface area contributed by atoms with Gasteiger partial charge in [-0.3, -0.25) is 5.10 Å². The molecule has 0 saturated carbocycles. The van der Waals surface area contributed by atoms with Crippen LogP contribution in [0.1, 0.15) is 34.6 Å². The van der Waals surface area contributed by atoms with Gasteiger partial charge in [0, 0.05) is 11.5 Å². The van der Waals surface area contributed by atoms with E-state index in [1.165, 1.54) is 6.08 Å². The summed E-state index contributed by atoms with van der Waals surface area (Å²) in [6.07, 6.45) is 3.14. The Morgan fingerprint density at radius 2 is 2.35 bits per heavy atom. The van der Waals surface area contributed by atoms with E-state index in [4.69, 9.17) is 4.74 Å². The molecule has 0 radical (unpaired) electrons. The number of ether oxygens (including phenoxy) is 1. The fourth-order valence-electron chi connectivity index (χ4n) is 2.41. The predicted octanol–water partition coefficient (Wildman–Crippen LogP) is 1.96. The van der Waals surface area contributed by atoms with Gasteiger partial charge in [0.15, 0.2) is 5.69 Å². The van der Waals surface area contributed by atoms with Crippen LogP contribution in [0.25, 0.3) is 0 Å². The largest absolute Gasteiger partial charge is 0.461 e. The zero-order valence-electron chi connectivity index (χ0n) is 9.04. The van der Waals surface area contributed by atoms with Gasteiger partial charge >= 0.3 is 5.97 Å². The zero-order valence-corrected chi connectivity index (χ0v) is 9.04. The third-order valence-electron chi connectivity index (χ3n) is 3.27. The highest BCUT2D eigenvalue weighted by atomic mass is 19.3. The van der Waals surface area contributed by atoms with Gasteiger partial charge in [-0.2, -0.15) is 13.9 Å². The highest BCUT2D eigenvalue weighted by Crippen LogP contribution is 2.58. The Bertz CT molecular complexity index is 522. The molecule has 1 aromatic rings. The standard InChI is InChI=1S/C11H10F2N2O2/c1-2-17-10(16)8-7-5-3-4-6(5)11(12,13)9(7)15-14-8/h3-6H,2H2,1H3,(H,14,15). The van der Waals surface area contributed by atoms with Crippen LogP contribution in [0, 0.1) is 5.92 Å². The molecular weight excluding hydrogens is 230 g/mol. The van der Waals surface area contributed by atoms with Gasteiger partial charge in [0.2, 0.25) is 0 Å². The second-order valence-electron chi connectivity index (χ2n) is 4.14. The number of alkyl halides is 2. The average Bonchev–Trinajstić information content (AvgIpc) is 2.65. The zero-order chi connectivity index (χ0) is 12.2. The summed E-state index contributed by atoms with van der Waals surface area (Å²) in [7, 11) is 0. The smallest absolute Gasteiger partial charge is 0.359 e. The molecule has 1 aromatic heterocycles. The highest BCUT2D eigenvalue weighted by molar-refractivity contribution is 5.90. The first-order valence-electron chi connectivity index (χ1n) is 5.39. The molecule has 2 unspecified atom stereocenters. The van der Waals surface area contributed by atoms with Crippen molar-refractivity contribution in [2.24, 2.45) is 5.92 Å². The second-order valence-corrected chi connectivity index (χ2v) is 4.14. The lowest BCUT2D eigenvalue weighted by Crippen LogP contribution is -2.26. The summed E-state index contributed by atoms with van der Waals surface area (Å²) < 4.78 is 32.4. The SMILES string of the molecule is CCOC(=O)c1n[nH]c2c1C1C=CC1C2(F)F. The fourth-order valence-corrected chi connectivity index (χ4v) is 2.41. The number of esters is 1. The van der Waals surface area contributed by atoms with Crippen LogP contribution in [0.2, 0.25) is 0 Å². The quantitative estimate of drug-likeness (QED) is 0.635. The molecule has 0 fully saturated rings. The van der Waals surface area contributed by atoms with Crippen molar-refractivity contribution in [2.45, 2.75) is 18.8 Å². The molecule has 0 bridgehead atoms. The van der Waals surface area contributed by atoms with E-state index >= 15 is 0 Å². The number of hydrogen-bond donors (Lipinski definition) is 1. The third kappa shape index (κ3) is 1.15. The Labute approximate surface area is 95.7 Å². The van der Waals surface area contributed by atoms with E-state index in [2.05, 4.69) is 10.2 Å². The van der Waals surface area contributed by atoms with Crippen molar-refractivity contribution in [3.05, 3.63) is 29.1 Å². The number of allylic oxidation sites excluding steroid dienone is 2. The number of nitrogens with one attached hydrogen (secondary N) is 1. The van der Waals surface area contributed by atoms with E-state index in [0.717, 1.165) is 0 Å². The fraction of sp³-hybridized carbons (Fsp3) is 0.455. The Kier molecular flexibility index (Phi) is 1.93. The van der Waals surface area contributed by atoms with Crippen molar-refractivity contribution in [3.8, 4) is 0 Å².